The Bertz CT molecular complexity index is 261. The number of hydrogen-bond donors (Lipinski definition) is 2. The first-order valence-electron chi connectivity index (χ1n) is 6.97. The van der Waals surface area contributed by atoms with Crippen molar-refractivity contribution in [3.8, 4) is 0 Å². The quantitative estimate of drug-likeness (QED) is 0.623. The number of nitrogens with zero attached hydrogens (tertiary/aromatic N) is 1. The van der Waals surface area contributed by atoms with Crippen LogP contribution in [-0.4, -0.2) is 42.5 Å². The topological polar surface area (TPSA) is 58.4 Å². The third kappa shape index (κ3) is 4.28. The molecule has 0 saturated heterocycles. The smallest absolute Gasteiger partial charge is 0.234 e. The average molecular weight is 239 g/mol. The summed E-state index contributed by atoms with van der Waals surface area (Å²) in [6, 6.07) is 0.645. The van der Waals surface area contributed by atoms with E-state index in [4.69, 9.17) is 5.73 Å². The fourth-order valence-electron chi connectivity index (χ4n) is 2.38. The molecule has 2 aliphatic rings. The van der Waals surface area contributed by atoms with E-state index in [9.17, 15) is 4.79 Å². The highest BCUT2D eigenvalue weighted by atomic mass is 16.1. The van der Waals surface area contributed by atoms with Crippen LogP contribution in [0.3, 0.4) is 0 Å². The second kappa shape index (κ2) is 5.83. The molecule has 0 radical (unpaired) electrons. The Kier molecular flexibility index (Phi) is 4.40. The van der Waals surface area contributed by atoms with Crippen molar-refractivity contribution in [3.63, 3.8) is 0 Å². The van der Waals surface area contributed by atoms with Gasteiger partial charge in [0.25, 0.3) is 0 Å². The molecule has 0 aliphatic heterocycles. The van der Waals surface area contributed by atoms with E-state index in [1.807, 2.05) is 6.92 Å². The van der Waals surface area contributed by atoms with Gasteiger partial charge in [-0.05, 0) is 44.6 Å². The standard InChI is InChI=1S/C13H25N3O/c1-2-15-12(13(14)17)7-8-16(11-5-6-11)9-10-3-4-10/h10-12,15H,2-9H2,1H3,(H2,14,17). The monoisotopic (exact) mass is 239 g/mol. The molecule has 98 valence electrons. The van der Waals surface area contributed by atoms with E-state index < -0.39 is 0 Å². The van der Waals surface area contributed by atoms with Gasteiger partial charge in [0, 0.05) is 19.1 Å². The van der Waals surface area contributed by atoms with Crippen LogP contribution in [0.4, 0.5) is 0 Å². The van der Waals surface area contributed by atoms with Crippen LogP contribution in [0, 0.1) is 5.92 Å². The highest BCUT2D eigenvalue weighted by Crippen LogP contribution is 2.34. The zero-order chi connectivity index (χ0) is 12.3. The SMILES string of the molecule is CCNC(CCN(CC1CC1)C1CC1)C(N)=O. The summed E-state index contributed by atoms with van der Waals surface area (Å²) in [4.78, 5) is 13.8. The van der Waals surface area contributed by atoms with Gasteiger partial charge in [0.05, 0.1) is 6.04 Å². The second-order valence-electron chi connectivity index (χ2n) is 5.47. The Hall–Kier alpha value is -0.610. The summed E-state index contributed by atoms with van der Waals surface area (Å²) >= 11 is 0. The number of amides is 1. The molecule has 4 nitrogen and oxygen atoms in total. The average Bonchev–Trinajstić information content (AvgIpc) is 3.15. The highest BCUT2D eigenvalue weighted by Gasteiger charge is 2.33. The number of likely N-dealkylation sites (N-methyl/N-ethyl adjacent to an activating group) is 1. The van der Waals surface area contributed by atoms with Gasteiger partial charge >= 0.3 is 0 Å². The maximum absolute atomic E-state index is 11.3. The minimum atomic E-state index is -0.214. The predicted molar refractivity (Wildman–Crippen MR) is 68.6 cm³/mol. The predicted octanol–water partition coefficient (Wildman–Crippen LogP) is 0.714. The molecule has 0 heterocycles. The van der Waals surface area contributed by atoms with E-state index in [1.165, 1.54) is 32.2 Å². The molecule has 2 saturated carbocycles. The summed E-state index contributed by atoms with van der Waals surface area (Å²) in [5.41, 5.74) is 5.39. The molecule has 3 N–H and O–H groups in total. The van der Waals surface area contributed by atoms with Crippen molar-refractivity contribution in [3.05, 3.63) is 0 Å². The summed E-state index contributed by atoms with van der Waals surface area (Å²) < 4.78 is 0. The lowest BCUT2D eigenvalue weighted by molar-refractivity contribution is -0.120. The van der Waals surface area contributed by atoms with E-state index >= 15 is 0 Å². The second-order valence-corrected chi connectivity index (χ2v) is 5.47. The van der Waals surface area contributed by atoms with Crippen LogP contribution in [0.1, 0.15) is 39.0 Å². The Labute approximate surface area is 104 Å². The minimum Gasteiger partial charge on any atom is -0.368 e. The van der Waals surface area contributed by atoms with Gasteiger partial charge in [-0.2, -0.15) is 0 Å². The molecule has 0 spiro atoms. The Morgan fingerprint density at radius 3 is 2.59 bits per heavy atom. The van der Waals surface area contributed by atoms with Gasteiger partial charge < -0.3 is 16.0 Å². The van der Waals surface area contributed by atoms with Crippen molar-refractivity contribution < 1.29 is 4.79 Å². The molecule has 0 aromatic rings. The number of nitrogens with one attached hydrogen (secondary N) is 1. The number of nitrogens with two attached hydrogens (primary N) is 1. The van der Waals surface area contributed by atoms with Crippen molar-refractivity contribution in [1.29, 1.82) is 0 Å². The van der Waals surface area contributed by atoms with Crippen molar-refractivity contribution in [2.45, 2.75) is 51.1 Å². The van der Waals surface area contributed by atoms with E-state index in [0.717, 1.165) is 31.5 Å². The number of primary amides is 1. The number of rotatable bonds is 9. The first-order valence-corrected chi connectivity index (χ1v) is 6.97. The van der Waals surface area contributed by atoms with Gasteiger partial charge in [0.1, 0.15) is 0 Å². The van der Waals surface area contributed by atoms with E-state index in [1.54, 1.807) is 0 Å². The summed E-state index contributed by atoms with van der Waals surface area (Å²) in [5.74, 6) is 0.718. The maximum Gasteiger partial charge on any atom is 0.234 e. The van der Waals surface area contributed by atoms with E-state index in [2.05, 4.69) is 10.2 Å². The molecule has 1 unspecified atom stereocenters. The molecule has 1 atom stereocenters. The Morgan fingerprint density at radius 1 is 1.41 bits per heavy atom. The normalized spacial score (nSPS) is 21.8. The minimum absolute atomic E-state index is 0.152. The number of carbonyl (C=O) groups is 1. The fourth-order valence-corrected chi connectivity index (χ4v) is 2.38. The zero-order valence-corrected chi connectivity index (χ0v) is 10.8. The summed E-state index contributed by atoms with van der Waals surface area (Å²) in [5, 5.41) is 3.16. The van der Waals surface area contributed by atoms with Crippen LogP contribution in [0.25, 0.3) is 0 Å². The molecule has 0 bridgehead atoms. The van der Waals surface area contributed by atoms with Gasteiger partial charge in [-0.25, -0.2) is 0 Å². The molecule has 0 aromatic carbocycles. The molecule has 2 aliphatic carbocycles. The fraction of sp³-hybridized carbons (Fsp3) is 0.923. The third-order valence-electron chi connectivity index (χ3n) is 3.75. The molecule has 0 aromatic heterocycles. The van der Waals surface area contributed by atoms with Crippen LogP contribution in [0.5, 0.6) is 0 Å². The van der Waals surface area contributed by atoms with Crippen molar-refractivity contribution >= 4 is 5.91 Å². The summed E-state index contributed by atoms with van der Waals surface area (Å²) in [6.07, 6.45) is 6.34. The van der Waals surface area contributed by atoms with E-state index in [-0.39, 0.29) is 11.9 Å². The maximum atomic E-state index is 11.3. The lowest BCUT2D eigenvalue weighted by Crippen LogP contribution is -2.44. The largest absolute Gasteiger partial charge is 0.368 e. The summed E-state index contributed by atoms with van der Waals surface area (Å²) in [6.45, 7) is 5.07. The van der Waals surface area contributed by atoms with Gasteiger partial charge in [0.15, 0.2) is 0 Å². The molecular weight excluding hydrogens is 214 g/mol. The Morgan fingerprint density at radius 2 is 2.12 bits per heavy atom. The number of carbonyl (C=O) groups excluding carboxylic acids is 1. The third-order valence-corrected chi connectivity index (χ3v) is 3.75. The molecular formula is C13H25N3O. The van der Waals surface area contributed by atoms with Crippen LogP contribution >= 0.6 is 0 Å². The van der Waals surface area contributed by atoms with Crippen molar-refractivity contribution in [2.75, 3.05) is 19.6 Å². The van der Waals surface area contributed by atoms with Gasteiger partial charge in [-0.3, -0.25) is 4.79 Å². The van der Waals surface area contributed by atoms with Gasteiger partial charge in [-0.1, -0.05) is 6.92 Å². The van der Waals surface area contributed by atoms with Crippen LogP contribution in [-0.2, 0) is 4.79 Å². The first-order chi connectivity index (χ1) is 8.20. The van der Waals surface area contributed by atoms with Crippen LogP contribution < -0.4 is 11.1 Å². The molecule has 4 heteroatoms. The zero-order valence-electron chi connectivity index (χ0n) is 10.8. The summed E-state index contributed by atoms with van der Waals surface area (Å²) in [7, 11) is 0. The van der Waals surface area contributed by atoms with Gasteiger partial charge in [0.2, 0.25) is 5.91 Å². The molecule has 2 rings (SSSR count). The highest BCUT2D eigenvalue weighted by molar-refractivity contribution is 5.79. The van der Waals surface area contributed by atoms with Crippen molar-refractivity contribution in [1.82, 2.24) is 10.2 Å². The molecule has 1 amide bonds. The van der Waals surface area contributed by atoms with Gasteiger partial charge in [-0.15, -0.1) is 0 Å². The lowest BCUT2D eigenvalue weighted by Gasteiger charge is -2.24. The van der Waals surface area contributed by atoms with Crippen LogP contribution in [0.2, 0.25) is 0 Å². The van der Waals surface area contributed by atoms with Crippen molar-refractivity contribution in [2.24, 2.45) is 11.7 Å². The molecule has 17 heavy (non-hydrogen) atoms. The Balaban J connectivity index is 1.73. The number of hydrogen-bond acceptors (Lipinski definition) is 3. The van der Waals surface area contributed by atoms with E-state index in [0.29, 0.717) is 0 Å². The lowest BCUT2D eigenvalue weighted by atomic mass is 10.1. The van der Waals surface area contributed by atoms with Crippen LogP contribution in [0.15, 0.2) is 0 Å². The molecule has 2 fully saturated rings. The first kappa shape index (κ1) is 12.8.